The molecule has 0 radical (unpaired) electrons. The normalized spacial score (nSPS) is 11.7. The first-order valence-corrected chi connectivity index (χ1v) is 7.11. The molecule has 0 unspecified atom stereocenters. The van der Waals surface area contributed by atoms with Crippen molar-refractivity contribution in [3.63, 3.8) is 0 Å². The zero-order valence-corrected chi connectivity index (χ0v) is 10.7. The minimum atomic E-state index is -0.401. The van der Waals surface area contributed by atoms with Crippen LogP contribution in [0.2, 0.25) is 0 Å². The molecule has 16 heavy (non-hydrogen) atoms. The third-order valence-electron chi connectivity index (χ3n) is 1.87. The number of hydrogen-bond donors (Lipinski definition) is 0. The summed E-state index contributed by atoms with van der Waals surface area (Å²) >= 11 is 4.71. The average molecular weight is 271 g/mol. The smallest absolute Gasteiger partial charge is 0.258 e. The summed E-state index contributed by atoms with van der Waals surface area (Å²) in [7, 11) is 0. The quantitative estimate of drug-likeness (QED) is 0.365. The molecule has 0 aliphatic rings. The summed E-state index contributed by atoms with van der Waals surface area (Å²) in [6.45, 7) is 0. The summed E-state index contributed by atoms with van der Waals surface area (Å²) in [5, 5.41) is 11.4. The van der Waals surface area contributed by atoms with Crippen molar-refractivity contribution in [3.8, 4) is 10.6 Å². The van der Waals surface area contributed by atoms with Gasteiger partial charge in [0, 0.05) is 29.2 Å². The summed E-state index contributed by atoms with van der Waals surface area (Å²) in [5.74, 6) is 0. The van der Waals surface area contributed by atoms with Crippen molar-refractivity contribution in [2.75, 3.05) is 6.26 Å². The zero-order valence-electron chi connectivity index (χ0n) is 8.25. The summed E-state index contributed by atoms with van der Waals surface area (Å²) in [5.41, 5.74) is 1.03. The van der Waals surface area contributed by atoms with E-state index in [1.165, 1.54) is 26.8 Å². The Morgan fingerprint density at radius 3 is 2.56 bits per heavy atom. The lowest BCUT2D eigenvalue weighted by molar-refractivity contribution is -0.384. The molecule has 1 aromatic heterocycles. The number of rotatable bonds is 2. The molecule has 0 spiro atoms. The summed E-state index contributed by atoms with van der Waals surface area (Å²) in [6, 6.07) is 6.46. The third-order valence-corrected chi connectivity index (χ3v) is 5.38. The molecule has 0 aliphatic heterocycles. The Balaban J connectivity index is 2.38. The van der Waals surface area contributed by atoms with E-state index < -0.39 is 4.92 Å². The van der Waals surface area contributed by atoms with E-state index in [0.29, 0.717) is 0 Å². The Morgan fingerprint density at radius 1 is 1.38 bits per heavy atom. The van der Waals surface area contributed by atoms with Gasteiger partial charge in [0.25, 0.3) is 5.69 Å². The van der Waals surface area contributed by atoms with E-state index in [9.17, 15) is 10.1 Å². The fraction of sp³-hybridized carbons (Fsp3) is 0.111. The van der Waals surface area contributed by atoms with E-state index in [0.717, 1.165) is 10.6 Å². The molecule has 0 bridgehead atoms. The SMILES string of the molecule is C[S+]=c1snc(-c2ccc([N+](=O)[O-])cc2)s1. The standard InChI is InChI=1S/C9H7N2O2S3/c1-14-9-15-8(10-16-9)6-2-4-7(5-3-6)11(12)13/h2-5H,1H3/q+1. The van der Waals surface area contributed by atoms with Crippen LogP contribution in [-0.2, 0) is 11.4 Å². The van der Waals surface area contributed by atoms with Gasteiger partial charge in [-0.15, -0.1) is 0 Å². The maximum absolute atomic E-state index is 10.5. The monoisotopic (exact) mass is 271 g/mol. The van der Waals surface area contributed by atoms with E-state index in [1.807, 2.05) is 6.26 Å². The molecular formula is C9H7N2O2S3+. The van der Waals surface area contributed by atoms with Crippen LogP contribution >= 0.6 is 22.9 Å². The molecule has 0 saturated carbocycles. The van der Waals surface area contributed by atoms with Crippen LogP contribution in [0.25, 0.3) is 10.6 Å². The van der Waals surface area contributed by atoms with Crippen molar-refractivity contribution in [1.82, 2.24) is 4.37 Å². The van der Waals surface area contributed by atoms with Gasteiger partial charge in [0.15, 0.2) is 6.26 Å². The van der Waals surface area contributed by atoms with Crippen LogP contribution in [0.3, 0.4) is 0 Å². The topological polar surface area (TPSA) is 56.0 Å². The summed E-state index contributed by atoms with van der Waals surface area (Å²) in [4.78, 5) is 10.1. The number of non-ortho nitro benzene ring substituents is 1. The highest BCUT2D eigenvalue weighted by Gasteiger charge is 2.09. The molecule has 0 atom stereocenters. The van der Waals surface area contributed by atoms with Gasteiger partial charge < -0.3 is 0 Å². The first-order valence-electron chi connectivity index (χ1n) is 4.29. The van der Waals surface area contributed by atoms with Crippen molar-refractivity contribution in [1.29, 1.82) is 0 Å². The van der Waals surface area contributed by atoms with E-state index >= 15 is 0 Å². The second-order valence-electron chi connectivity index (χ2n) is 2.85. The molecule has 0 N–H and O–H groups in total. The second-order valence-corrected chi connectivity index (χ2v) is 6.21. The van der Waals surface area contributed by atoms with E-state index in [-0.39, 0.29) is 5.69 Å². The first-order chi connectivity index (χ1) is 7.70. The lowest BCUT2D eigenvalue weighted by Crippen LogP contribution is -1.86. The minimum absolute atomic E-state index is 0.106. The maximum Gasteiger partial charge on any atom is 0.352 e. The Hall–Kier alpha value is -1.18. The van der Waals surface area contributed by atoms with Gasteiger partial charge in [-0.1, -0.05) is 0 Å². The van der Waals surface area contributed by atoms with Gasteiger partial charge in [0.1, 0.15) is 5.01 Å². The number of nitro benzene ring substituents is 1. The van der Waals surface area contributed by atoms with Gasteiger partial charge in [-0.05, 0) is 23.5 Å². The van der Waals surface area contributed by atoms with E-state index in [2.05, 4.69) is 4.37 Å². The zero-order chi connectivity index (χ0) is 11.5. The Morgan fingerprint density at radius 2 is 2.06 bits per heavy atom. The number of benzene rings is 1. The fourth-order valence-corrected chi connectivity index (χ4v) is 3.52. The van der Waals surface area contributed by atoms with Gasteiger partial charge in [-0.25, -0.2) is 0 Å². The van der Waals surface area contributed by atoms with Crippen LogP contribution in [0.5, 0.6) is 0 Å². The van der Waals surface area contributed by atoms with Crippen LogP contribution in [-0.4, -0.2) is 15.6 Å². The Bertz CT molecular complexity index is 571. The van der Waals surface area contributed by atoms with Crippen LogP contribution < -0.4 is 0 Å². The molecule has 0 amide bonds. The third kappa shape index (κ3) is 2.31. The highest BCUT2D eigenvalue weighted by atomic mass is 32.2. The van der Waals surface area contributed by atoms with Crippen molar-refractivity contribution < 1.29 is 4.92 Å². The Kier molecular flexibility index (Phi) is 3.37. The summed E-state index contributed by atoms with van der Waals surface area (Å²) < 4.78 is 5.48. The van der Waals surface area contributed by atoms with Gasteiger partial charge >= 0.3 is 3.14 Å². The molecule has 2 rings (SSSR count). The molecule has 0 saturated heterocycles. The average Bonchev–Trinajstić information content (AvgIpc) is 2.77. The maximum atomic E-state index is 10.5. The van der Waals surface area contributed by atoms with Gasteiger partial charge in [-0.3, -0.25) is 10.1 Å². The van der Waals surface area contributed by atoms with Crippen molar-refractivity contribution >= 4 is 39.9 Å². The number of aromatic nitrogens is 1. The second kappa shape index (κ2) is 4.77. The van der Waals surface area contributed by atoms with E-state index in [1.54, 1.807) is 34.8 Å². The molecule has 82 valence electrons. The molecule has 4 nitrogen and oxygen atoms in total. The van der Waals surface area contributed by atoms with Crippen LogP contribution in [0.1, 0.15) is 0 Å². The number of nitro groups is 1. The fourth-order valence-electron chi connectivity index (χ4n) is 1.11. The van der Waals surface area contributed by atoms with Gasteiger partial charge in [0.05, 0.1) is 4.92 Å². The van der Waals surface area contributed by atoms with E-state index in [4.69, 9.17) is 0 Å². The largest absolute Gasteiger partial charge is 0.352 e. The van der Waals surface area contributed by atoms with Crippen molar-refractivity contribution in [2.24, 2.45) is 0 Å². The van der Waals surface area contributed by atoms with Gasteiger partial charge in [-0.2, -0.15) is 4.37 Å². The van der Waals surface area contributed by atoms with Crippen molar-refractivity contribution in [3.05, 3.63) is 37.5 Å². The highest BCUT2D eigenvalue weighted by Crippen LogP contribution is 2.26. The van der Waals surface area contributed by atoms with Crippen LogP contribution in [0.15, 0.2) is 24.3 Å². The molecule has 1 aromatic carbocycles. The predicted molar refractivity (Wildman–Crippen MR) is 68.6 cm³/mol. The number of hydrogen-bond acceptors (Lipinski definition) is 5. The van der Waals surface area contributed by atoms with Crippen molar-refractivity contribution in [2.45, 2.75) is 0 Å². The molecular weight excluding hydrogens is 264 g/mol. The molecule has 0 fully saturated rings. The highest BCUT2D eigenvalue weighted by molar-refractivity contribution is 7.74. The Labute approximate surface area is 103 Å². The van der Waals surface area contributed by atoms with Crippen LogP contribution in [0, 0.1) is 13.3 Å². The lowest BCUT2D eigenvalue weighted by Gasteiger charge is -1.93. The van der Waals surface area contributed by atoms with Gasteiger partial charge in [0.2, 0.25) is 11.4 Å². The molecule has 0 aliphatic carbocycles. The first kappa shape index (κ1) is 11.3. The molecule has 2 aromatic rings. The number of nitrogens with zero attached hydrogens (tertiary/aromatic N) is 2. The van der Waals surface area contributed by atoms with Crippen LogP contribution in [0.4, 0.5) is 5.69 Å². The minimum Gasteiger partial charge on any atom is -0.258 e. The molecule has 7 heteroatoms. The summed E-state index contributed by atoms with van der Waals surface area (Å²) in [6.07, 6.45) is 2.00. The predicted octanol–water partition coefficient (Wildman–Crippen LogP) is 3.02. The lowest BCUT2D eigenvalue weighted by atomic mass is 10.2. The molecule has 1 heterocycles.